The van der Waals surface area contributed by atoms with Crippen molar-refractivity contribution in [3.05, 3.63) is 76.1 Å². The molecule has 0 aliphatic carbocycles. The molecule has 0 radical (unpaired) electrons. The Labute approximate surface area is 405 Å². The summed E-state index contributed by atoms with van der Waals surface area (Å²) in [5, 5.41) is 8.84. The van der Waals surface area contributed by atoms with E-state index in [1.54, 1.807) is 42.6 Å². The highest BCUT2D eigenvalue weighted by atomic mass is 33.1. The third-order valence-electron chi connectivity index (χ3n) is 11.8. The van der Waals surface area contributed by atoms with Crippen LogP contribution < -0.4 is 21.5 Å². The summed E-state index contributed by atoms with van der Waals surface area (Å²) in [6.45, 7) is 11.7. The number of rotatable bonds is 24. The Kier molecular flexibility index (Phi) is 22.8. The van der Waals surface area contributed by atoms with Gasteiger partial charge < -0.3 is 25.0 Å². The Morgan fingerprint density at radius 3 is 2.40 bits per heavy atom. The van der Waals surface area contributed by atoms with Gasteiger partial charge in [-0.15, -0.1) is 11.3 Å². The molecule has 16 nitrogen and oxygen atoms in total. The van der Waals surface area contributed by atoms with Gasteiger partial charge in [-0.05, 0) is 98.2 Å². The van der Waals surface area contributed by atoms with E-state index in [0.717, 1.165) is 47.7 Å². The number of aryl methyl sites for hydroxylation is 1. The number of benzene rings is 1. The number of aromatic nitrogens is 2. The minimum Gasteiger partial charge on any atom is -0.455 e. The number of amides is 5. The number of hydrogen-bond donors (Lipinski definition) is 4. The summed E-state index contributed by atoms with van der Waals surface area (Å²) >= 11 is 1.14. The van der Waals surface area contributed by atoms with Crippen LogP contribution in [0, 0.1) is 23.6 Å². The van der Waals surface area contributed by atoms with Crippen molar-refractivity contribution in [3.63, 3.8) is 0 Å². The lowest BCUT2D eigenvalue weighted by Gasteiger charge is -2.38. The van der Waals surface area contributed by atoms with Crippen molar-refractivity contribution in [2.24, 2.45) is 17.8 Å². The average molecular weight is 987 g/mol. The number of likely N-dealkylation sites (tertiary alicyclic amines) is 1. The number of nitrogens with one attached hydrogen (secondary N) is 4. The summed E-state index contributed by atoms with van der Waals surface area (Å²) in [7, 11) is 6.55. The summed E-state index contributed by atoms with van der Waals surface area (Å²) in [6, 6.07) is 9.53. The molecular weight excluding hydrogens is 920 g/mol. The van der Waals surface area contributed by atoms with E-state index in [2.05, 4.69) is 31.5 Å². The van der Waals surface area contributed by atoms with E-state index in [9.17, 15) is 33.2 Å². The van der Waals surface area contributed by atoms with Gasteiger partial charge in [-0.3, -0.25) is 34.3 Å². The zero-order valence-corrected chi connectivity index (χ0v) is 42.2. The number of ether oxygens (including phenoxy) is 2. The van der Waals surface area contributed by atoms with Gasteiger partial charge >= 0.3 is 12.1 Å². The fourth-order valence-corrected chi connectivity index (χ4v) is 10.3. The zero-order chi connectivity index (χ0) is 49.0. The van der Waals surface area contributed by atoms with Crippen molar-refractivity contribution < 1.29 is 42.6 Å². The van der Waals surface area contributed by atoms with Crippen LogP contribution in [0.15, 0.2) is 59.1 Å². The maximum Gasteiger partial charge on any atom is 0.426 e. The second-order valence-corrected chi connectivity index (χ2v) is 20.7. The number of thiazole rings is 1. The largest absolute Gasteiger partial charge is 0.455 e. The van der Waals surface area contributed by atoms with Crippen molar-refractivity contribution in [2.45, 2.75) is 128 Å². The highest BCUT2D eigenvalue weighted by molar-refractivity contribution is 8.76. The van der Waals surface area contributed by atoms with E-state index in [4.69, 9.17) is 9.47 Å². The number of likely N-dealkylation sites (N-methyl/N-ethyl adjacent to an activating group) is 2. The molecule has 4 rings (SSSR count). The maximum absolute atomic E-state index is 14.3. The normalized spacial score (nSPS) is 16.7. The molecule has 7 atom stereocenters. The van der Waals surface area contributed by atoms with Gasteiger partial charge in [0.15, 0.2) is 6.10 Å². The molecule has 5 amide bonds. The number of piperidine rings is 1. The molecule has 2 aromatic heterocycles. The van der Waals surface area contributed by atoms with Gasteiger partial charge in [0.05, 0.1) is 6.04 Å². The minimum atomic E-state index is -0.902. The topological polar surface area (TPSA) is 201 Å². The lowest BCUT2D eigenvalue weighted by atomic mass is 9.92. The van der Waals surface area contributed by atoms with E-state index < -0.39 is 54.0 Å². The Hall–Kier alpha value is -4.79. The molecule has 0 bridgehead atoms. The van der Waals surface area contributed by atoms with Gasteiger partial charge in [-0.25, -0.2) is 24.6 Å². The number of hydrogen-bond acceptors (Lipinski definition) is 14. The highest BCUT2D eigenvalue weighted by Gasteiger charge is 2.37. The first-order chi connectivity index (χ1) is 32.0. The van der Waals surface area contributed by atoms with Crippen LogP contribution in [0.25, 0.3) is 0 Å². The van der Waals surface area contributed by atoms with Gasteiger partial charge in [-0.1, -0.05) is 76.5 Å². The number of halogens is 1. The summed E-state index contributed by atoms with van der Waals surface area (Å²) in [5.74, 6) is -2.80. The van der Waals surface area contributed by atoms with E-state index >= 15 is 0 Å². The monoisotopic (exact) mass is 986 g/mol. The SMILES string of the molecule is CC[C@H](C)C(NC(=O)C1CCCCN1C)C(=O)N(C)[C@H](C[C@@H](OC(C)=O)c1nc(C(=O)N[C@@H](CCc2ccc(F)cc2)C[C@H](C)C(=O)NNC(=O)OCCSSc2ccccn2)cs1)C(C)C. The van der Waals surface area contributed by atoms with Crippen molar-refractivity contribution in [2.75, 3.05) is 33.0 Å². The van der Waals surface area contributed by atoms with Gasteiger partial charge in [-0.2, -0.15) is 0 Å². The standard InChI is InChI=1S/C47H67FN8O8S3/c1-9-30(4)41(52-44(60)37-14-11-13-23-55(37)7)46(61)56(8)38(29(2)3)27-39(64-32(6)57)45-51-36(28-65-45)43(59)50-35(21-18-33-16-19-34(48)20-17-33)26-31(5)42(58)53-54-47(62)63-24-25-66-67-40-15-10-12-22-49-40/h10,12,15-17,19-20,22,28-31,35,37-39,41H,9,11,13-14,18,21,23-27H2,1-8H3,(H,50,59)(H,52,60)(H,53,58)(H,54,62)/t30-,31-,35-,37?,38+,39+,41?/m0/s1. The van der Waals surface area contributed by atoms with Crippen LogP contribution >= 0.6 is 32.9 Å². The molecule has 0 saturated carbocycles. The van der Waals surface area contributed by atoms with E-state index in [0.29, 0.717) is 30.0 Å². The lowest BCUT2D eigenvalue weighted by molar-refractivity contribution is -0.149. The van der Waals surface area contributed by atoms with E-state index in [-0.39, 0.29) is 60.7 Å². The average Bonchev–Trinajstić information content (AvgIpc) is 3.81. The van der Waals surface area contributed by atoms with Gasteiger partial charge in [0.2, 0.25) is 17.7 Å². The number of nitrogens with zero attached hydrogens (tertiary/aromatic N) is 4. The lowest BCUT2D eigenvalue weighted by Crippen LogP contribution is -2.58. The van der Waals surface area contributed by atoms with Crippen molar-refractivity contribution >= 4 is 68.6 Å². The van der Waals surface area contributed by atoms with Gasteiger partial charge in [0.1, 0.15) is 34.2 Å². The first-order valence-electron chi connectivity index (χ1n) is 22.9. The molecule has 1 aliphatic heterocycles. The molecule has 3 aromatic rings. The molecule has 2 unspecified atom stereocenters. The highest BCUT2D eigenvalue weighted by Crippen LogP contribution is 2.32. The predicted molar refractivity (Wildman–Crippen MR) is 259 cm³/mol. The molecule has 368 valence electrons. The molecule has 1 fully saturated rings. The van der Waals surface area contributed by atoms with E-state index in [1.807, 2.05) is 57.8 Å². The molecule has 3 heterocycles. The summed E-state index contributed by atoms with van der Waals surface area (Å²) in [6.07, 6.45) is 4.53. The predicted octanol–water partition coefficient (Wildman–Crippen LogP) is 7.13. The van der Waals surface area contributed by atoms with Gasteiger partial charge in [0.25, 0.3) is 5.91 Å². The smallest absolute Gasteiger partial charge is 0.426 e. The molecule has 1 saturated heterocycles. The second-order valence-electron chi connectivity index (χ2n) is 17.3. The van der Waals surface area contributed by atoms with Crippen LogP contribution in [0.1, 0.15) is 114 Å². The molecule has 20 heteroatoms. The third kappa shape index (κ3) is 18.0. The van der Waals surface area contributed by atoms with Crippen molar-refractivity contribution in [1.82, 2.24) is 41.3 Å². The molecule has 4 N–H and O–H groups in total. The molecule has 1 aliphatic rings. The van der Waals surface area contributed by atoms with Crippen LogP contribution in [-0.2, 0) is 35.1 Å². The zero-order valence-electron chi connectivity index (χ0n) is 39.8. The number of carbonyl (C=O) groups is 6. The first kappa shape index (κ1) is 54.8. The molecule has 1 aromatic carbocycles. The number of esters is 1. The molecular formula is C47H67FN8O8S3. The maximum atomic E-state index is 14.3. The van der Waals surface area contributed by atoms with Crippen molar-refractivity contribution in [3.8, 4) is 0 Å². The minimum absolute atomic E-state index is 0.0693. The molecule has 67 heavy (non-hydrogen) atoms. The Morgan fingerprint density at radius 2 is 1.75 bits per heavy atom. The second kappa shape index (κ2) is 27.9. The van der Waals surface area contributed by atoms with Crippen LogP contribution in [0.5, 0.6) is 0 Å². The van der Waals surface area contributed by atoms with Crippen molar-refractivity contribution in [1.29, 1.82) is 0 Å². The Morgan fingerprint density at radius 1 is 1.00 bits per heavy atom. The number of pyridine rings is 1. The number of carbonyl (C=O) groups excluding carboxylic acids is 6. The molecule has 0 spiro atoms. The fourth-order valence-electron chi connectivity index (χ4n) is 7.73. The van der Waals surface area contributed by atoms with Crippen LogP contribution in [0.3, 0.4) is 0 Å². The summed E-state index contributed by atoms with van der Waals surface area (Å²) < 4.78 is 24.7. The Balaban J connectivity index is 1.42. The fraction of sp³-hybridized carbons (Fsp3) is 0.574. The first-order valence-corrected chi connectivity index (χ1v) is 26.0. The Bertz CT molecular complexity index is 2070. The third-order valence-corrected chi connectivity index (χ3v) is 15.0. The van der Waals surface area contributed by atoms with Crippen LogP contribution in [0.2, 0.25) is 0 Å². The van der Waals surface area contributed by atoms with Crippen LogP contribution in [0.4, 0.5) is 9.18 Å². The van der Waals surface area contributed by atoms with E-state index in [1.165, 1.54) is 40.6 Å². The summed E-state index contributed by atoms with van der Waals surface area (Å²) in [4.78, 5) is 92.2. The van der Waals surface area contributed by atoms with Gasteiger partial charge in [0, 0.05) is 55.7 Å². The quantitative estimate of drug-likeness (QED) is 0.0306. The van der Waals surface area contributed by atoms with Crippen LogP contribution in [-0.4, -0.2) is 113 Å². The number of hydrazine groups is 1. The summed E-state index contributed by atoms with van der Waals surface area (Å²) in [5.41, 5.74) is 5.56.